The molecular weight excluding hydrogens is 198 g/mol. The molecule has 1 atom stereocenters. The molecule has 1 aliphatic rings. The topological polar surface area (TPSA) is 29.1 Å². The Kier molecular flexibility index (Phi) is 3.28. The lowest BCUT2D eigenvalue weighted by Gasteiger charge is -2.16. The average molecular weight is 217 g/mol. The Labute approximate surface area is 97.1 Å². The summed E-state index contributed by atoms with van der Waals surface area (Å²) in [6.45, 7) is 4.97. The van der Waals surface area contributed by atoms with Crippen molar-refractivity contribution in [1.82, 2.24) is 0 Å². The molecule has 2 rings (SSSR count). The summed E-state index contributed by atoms with van der Waals surface area (Å²) < 4.78 is 0. The molecule has 0 bridgehead atoms. The molecule has 0 amide bonds. The molecule has 0 aromatic heterocycles. The molecule has 1 aromatic carbocycles. The van der Waals surface area contributed by atoms with Gasteiger partial charge >= 0.3 is 0 Å². The van der Waals surface area contributed by atoms with Gasteiger partial charge in [-0.25, -0.2) is 0 Å². The molecule has 0 saturated heterocycles. The Morgan fingerprint density at radius 2 is 2.06 bits per heavy atom. The predicted molar refractivity (Wildman–Crippen MR) is 66.8 cm³/mol. The van der Waals surface area contributed by atoms with Crippen molar-refractivity contribution < 1.29 is 4.79 Å². The van der Waals surface area contributed by atoms with Crippen LogP contribution in [0.25, 0.3) is 0 Å². The number of nitrogens with one attached hydrogen (secondary N) is 1. The monoisotopic (exact) mass is 217 g/mol. The fraction of sp³-hybridized carbons (Fsp3) is 0.500. The zero-order valence-electron chi connectivity index (χ0n) is 9.99. The zero-order chi connectivity index (χ0) is 11.5. The number of carbonyl (C=O) groups excluding carboxylic acids is 1. The molecule has 0 spiro atoms. The zero-order valence-corrected chi connectivity index (χ0v) is 9.99. The van der Waals surface area contributed by atoms with Gasteiger partial charge in [-0.15, -0.1) is 0 Å². The van der Waals surface area contributed by atoms with Crippen molar-refractivity contribution in [3.05, 3.63) is 29.8 Å². The first kappa shape index (κ1) is 11.2. The van der Waals surface area contributed by atoms with Crippen LogP contribution in [0.15, 0.2) is 24.3 Å². The largest absolute Gasteiger partial charge is 0.384 e. The van der Waals surface area contributed by atoms with E-state index in [0.717, 1.165) is 25.1 Å². The number of ketones is 1. The minimum absolute atomic E-state index is 0.0705. The van der Waals surface area contributed by atoms with Crippen LogP contribution in [0.1, 0.15) is 38.2 Å². The summed E-state index contributed by atoms with van der Waals surface area (Å²) in [5.74, 6) is 0.696. The van der Waals surface area contributed by atoms with Crippen molar-refractivity contribution in [2.45, 2.75) is 32.6 Å². The number of para-hydroxylation sites is 1. The molecule has 86 valence electrons. The fourth-order valence-corrected chi connectivity index (χ4v) is 2.51. The summed E-state index contributed by atoms with van der Waals surface area (Å²) in [6, 6.07) is 8.14. The van der Waals surface area contributed by atoms with Crippen LogP contribution >= 0.6 is 0 Å². The van der Waals surface area contributed by atoms with Gasteiger partial charge in [-0.05, 0) is 24.5 Å². The third kappa shape index (κ3) is 1.84. The summed E-state index contributed by atoms with van der Waals surface area (Å²) in [6.07, 6.45) is 1.90. The fourth-order valence-electron chi connectivity index (χ4n) is 2.51. The molecule has 0 saturated carbocycles. The first-order valence-corrected chi connectivity index (χ1v) is 6.14. The van der Waals surface area contributed by atoms with Crippen molar-refractivity contribution in [2.75, 3.05) is 11.9 Å². The van der Waals surface area contributed by atoms with E-state index < -0.39 is 0 Å². The van der Waals surface area contributed by atoms with E-state index in [1.165, 1.54) is 5.56 Å². The van der Waals surface area contributed by atoms with Gasteiger partial charge in [-0.2, -0.15) is 0 Å². The molecule has 16 heavy (non-hydrogen) atoms. The van der Waals surface area contributed by atoms with Crippen LogP contribution in [0.5, 0.6) is 0 Å². The Bertz CT molecular complexity index is 382. The highest BCUT2D eigenvalue weighted by molar-refractivity contribution is 5.91. The van der Waals surface area contributed by atoms with E-state index in [-0.39, 0.29) is 11.8 Å². The molecule has 1 heterocycles. The van der Waals surface area contributed by atoms with Crippen molar-refractivity contribution in [1.29, 1.82) is 0 Å². The van der Waals surface area contributed by atoms with Gasteiger partial charge in [-0.3, -0.25) is 4.79 Å². The van der Waals surface area contributed by atoms with Crippen LogP contribution < -0.4 is 5.32 Å². The molecule has 1 unspecified atom stereocenters. The smallest absolute Gasteiger partial charge is 0.145 e. The Hall–Kier alpha value is -1.31. The van der Waals surface area contributed by atoms with Gasteiger partial charge in [0.2, 0.25) is 0 Å². The maximum Gasteiger partial charge on any atom is 0.145 e. The van der Waals surface area contributed by atoms with E-state index in [2.05, 4.69) is 31.3 Å². The minimum atomic E-state index is 0.0705. The highest BCUT2D eigenvalue weighted by atomic mass is 16.1. The second kappa shape index (κ2) is 4.69. The van der Waals surface area contributed by atoms with E-state index in [1.54, 1.807) is 0 Å². The maximum absolute atomic E-state index is 12.3. The second-order valence-corrected chi connectivity index (χ2v) is 4.44. The summed E-state index contributed by atoms with van der Waals surface area (Å²) >= 11 is 0. The van der Waals surface area contributed by atoms with Crippen molar-refractivity contribution in [2.24, 2.45) is 5.92 Å². The van der Waals surface area contributed by atoms with Gasteiger partial charge in [0.15, 0.2) is 0 Å². The van der Waals surface area contributed by atoms with Crippen LogP contribution in [0.2, 0.25) is 0 Å². The summed E-state index contributed by atoms with van der Waals surface area (Å²) in [7, 11) is 0. The highest BCUT2D eigenvalue weighted by Crippen LogP contribution is 2.34. The Morgan fingerprint density at radius 1 is 1.38 bits per heavy atom. The quantitative estimate of drug-likeness (QED) is 0.839. The molecule has 1 N–H and O–H groups in total. The predicted octanol–water partition coefficient (Wildman–Crippen LogP) is 3.20. The maximum atomic E-state index is 12.3. The summed E-state index contributed by atoms with van der Waals surface area (Å²) in [4.78, 5) is 12.3. The van der Waals surface area contributed by atoms with Crippen molar-refractivity contribution in [3.63, 3.8) is 0 Å². The van der Waals surface area contributed by atoms with Gasteiger partial charge in [0.05, 0.1) is 5.92 Å². The van der Waals surface area contributed by atoms with E-state index in [9.17, 15) is 4.79 Å². The van der Waals surface area contributed by atoms with Gasteiger partial charge in [0.1, 0.15) is 5.78 Å². The average Bonchev–Trinajstić information content (AvgIpc) is 2.74. The second-order valence-electron chi connectivity index (χ2n) is 4.44. The number of benzene rings is 1. The number of fused-ring (bicyclic) bond motifs is 1. The first-order valence-electron chi connectivity index (χ1n) is 6.14. The normalized spacial score (nSPS) is 18.3. The lowest BCUT2D eigenvalue weighted by Crippen LogP contribution is -2.22. The SMILES string of the molecule is CCC(CC)C(=O)C1CNc2ccccc21. The molecule has 2 nitrogen and oxygen atoms in total. The number of Topliss-reactive ketones (excluding diaryl/α,β-unsaturated/α-hetero) is 1. The van der Waals surface area contributed by atoms with Gasteiger partial charge in [0.25, 0.3) is 0 Å². The molecule has 0 radical (unpaired) electrons. The molecule has 1 aliphatic heterocycles. The number of rotatable bonds is 4. The number of hydrogen-bond acceptors (Lipinski definition) is 2. The molecule has 1 aromatic rings. The number of anilines is 1. The van der Waals surface area contributed by atoms with Crippen LogP contribution in [-0.2, 0) is 4.79 Å². The van der Waals surface area contributed by atoms with Gasteiger partial charge in [0, 0.05) is 18.2 Å². The highest BCUT2D eigenvalue weighted by Gasteiger charge is 2.31. The van der Waals surface area contributed by atoms with Gasteiger partial charge in [-0.1, -0.05) is 32.0 Å². The third-order valence-corrected chi connectivity index (χ3v) is 3.56. The van der Waals surface area contributed by atoms with E-state index in [1.807, 2.05) is 12.1 Å². The molecule has 0 aliphatic carbocycles. The Morgan fingerprint density at radius 3 is 2.75 bits per heavy atom. The lowest BCUT2D eigenvalue weighted by molar-refractivity contribution is -0.124. The molecular formula is C14H19NO. The van der Waals surface area contributed by atoms with Gasteiger partial charge < -0.3 is 5.32 Å². The number of hydrogen-bond donors (Lipinski definition) is 1. The minimum Gasteiger partial charge on any atom is -0.384 e. The summed E-state index contributed by atoms with van der Waals surface area (Å²) in [5, 5.41) is 3.31. The molecule has 2 heteroatoms. The van der Waals surface area contributed by atoms with Crippen LogP contribution in [0, 0.1) is 5.92 Å². The van der Waals surface area contributed by atoms with Crippen LogP contribution in [0.3, 0.4) is 0 Å². The van der Waals surface area contributed by atoms with Crippen LogP contribution in [-0.4, -0.2) is 12.3 Å². The molecule has 0 fully saturated rings. The van der Waals surface area contributed by atoms with E-state index >= 15 is 0 Å². The summed E-state index contributed by atoms with van der Waals surface area (Å²) in [5.41, 5.74) is 2.31. The van der Waals surface area contributed by atoms with E-state index in [4.69, 9.17) is 0 Å². The van der Waals surface area contributed by atoms with Crippen molar-refractivity contribution in [3.8, 4) is 0 Å². The standard InChI is InChI=1S/C14H19NO/c1-3-10(4-2)14(16)12-9-15-13-8-6-5-7-11(12)13/h5-8,10,12,15H,3-4,9H2,1-2H3. The first-order chi connectivity index (χ1) is 7.77. The lowest BCUT2D eigenvalue weighted by atomic mass is 9.86. The Balaban J connectivity index is 2.22. The number of carbonyl (C=O) groups is 1. The van der Waals surface area contributed by atoms with E-state index in [0.29, 0.717) is 5.78 Å². The van der Waals surface area contributed by atoms with Crippen molar-refractivity contribution >= 4 is 11.5 Å². The third-order valence-electron chi connectivity index (χ3n) is 3.56. The van der Waals surface area contributed by atoms with Crippen LogP contribution in [0.4, 0.5) is 5.69 Å².